The standard InChI is InChI=1S/C22H29FN4O2/c1-4-24-21(28)18-8-6-17(7-9-18)15-27-22(25-5-2)26-14-16(3)29-20-12-10-19(23)11-13-20/h6-13,16H,4-5,14-15H2,1-3H3,(H,24,28)(H2,25,26,27). The van der Waals surface area contributed by atoms with Gasteiger partial charge in [0.25, 0.3) is 5.91 Å². The Kier molecular flexibility index (Phi) is 8.95. The third kappa shape index (κ3) is 7.81. The number of nitrogens with one attached hydrogen (secondary N) is 3. The molecule has 2 rings (SSSR count). The molecule has 2 aromatic carbocycles. The van der Waals surface area contributed by atoms with E-state index in [0.29, 0.717) is 36.9 Å². The lowest BCUT2D eigenvalue weighted by Crippen LogP contribution is -2.41. The largest absolute Gasteiger partial charge is 0.489 e. The molecule has 0 aliphatic rings. The maximum atomic E-state index is 13.0. The normalized spacial score (nSPS) is 12.2. The molecular weight excluding hydrogens is 371 g/mol. The second-order valence-electron chi connectivity index (χ2n) is 6.51. The van der Waals surface area contributed by atoms with E-state index >= 15 is 0 Å². The number of guanidine groups is 1. The molecule has 0 aliphatic carbocycles. The van der Waals surface area contributed by atoms with Crippen molar-refractivity contribution in [3.05, 3.63) is 65.5 Å². The van der Waals surface area contributed by atoms with Gasteiger partial charge in [0.05, 0.1) is 13.1 Å². The molecule has 2 aromatic rings. The van der Waals surface area contributed by atoms with Crippen LogP contribution in [0.25, 0.3) is 0 Å². The van der Waals surface area contributed by atoms with E-state index in [1.807, 2.05) is 32.9 Å². The van der Waals surface area contributed by atoms with E-state index in [1.165, 1.54) is 12.1 Å². The monoisotopic (exact) mass is 400 g/mol. The van der Waals surface area contributed by atoms with E-state index in [4.69, 9.17) is 4.74 Å². The Hall–Kier alpha value is -3.09. The van der Waals surface area contributed by atoms with Crippen molar-refractivity contribution in [3.8, 4) is 5.75 Å². The lowest BCUT2D eigenvalue weighted by molar-refractivity contribution is 0.0956. The predicted octanol–water partition coefficient (Wildman–Crippen LogP) is 3.10. The van der Waals surface area contributed by atoms with E-state index in [1.54, 1.807) is 24.3 Å². The number of aliphatic imine (C=N–C) groups is 1. The summed E-state index contributed by atoms with van der Waals surface area (Å²) in [4.78, 5) is 16.4. The number of halogens is 1. The Balaban J connectivity index is 1.88. The molecule has 156 valence electrons. The molecule has 0 saturated carbocycles. The van der Waals surface area contributed by atoms with Crippen molar-refractivity contribution in [2.24, 2.45) is 4.99 Å². The second-order valence-corrected chi connectivity index (χ2v) is 6.51. The zero-order valence-electron chi connectivity index (χ0n) is 17.2. The molecule has 1 atom stereocenters. The molecule has 3 N–H and O–H groups in total. The Morgan fingerprint density at radius 1 is 1.00 bits per heavy atom. The summed E-state index contributed by atoms with van der Waals surface area (Å²) < 4.78 is 18.7. The smallest absolute Gasteiger partial charge is 0.251 e. The average Bonchev–Trinajstić information content (AvgIpc) is 2.72. The molecule has 0 bridgehead atoms. The first-order valence-corrected chi connectivity index (χ1v) is 9.83. The molecule has 0 heterocycles. The summed E-state index contributed by atoms with van der Waals surface area (Å²) in [6.07, 6.45) is -0.124. The summed E-state index contributed by atoms with van der Waals surface area (Å²) in [6, 6.07) is 13.4. The maximum absolute atomic E-state index is 13.0. The number of benzene rings is 2. The number of rotatable bonds is 9. The van der Waals surface area contributed by atoms with Crippen molar-refractivity contribution in [3.63, 3.8) is 0 Å². The van der Waals surface area contributed by atoms with Crippen molar-refractivity contribution < 1.29 is 13.9 Å². The van der Waals surface area contributed by atoms with Crippen LogP contribution in [-0.2, 0) is 6.54 Å². The van der Waals surface area contributed by atoms with Gasteiger partial charge >= 0.3 is 0 Å². The molecule has 6 nitrogen and oxygen atoms in total. The van der Waals surface area contributed by atoms with Gasteiger partial charge < -0.3 is 20.7 Å². The van der Waals surface area contributed by atoms with E-state index in [-0.39, 0.29) is 17.8 Å². The number of ether oxygens (including phenoxy) is 1. The minimum Gasteiger partial charge on any atom is -0.489 e. The molecule has 1 unspecified atom stereocenters. The number of amides is 1. The van der Waals surface area contributed by atoms with Crippen LogP contribution >= 0.6 is 0 Å². The quantitative estimate of drug-likeness (QED) is 0.447. The SMILES string of the molecule is CCNC(=O)c1ccc(CN=C(NCC)NCC(C)Oc2ccc(F)cc2)cc1. The Bertz CT molecular complexity index is 791. The number of hydrogen-bond donors (Lipinski definition) is 3. The highest BCUT2D eigenvalue weighted by molar-refractivity contribution is 5.94. The van der Waals surface area contributed by atoms with Gasteiger partial charge in [-0.2, -0.15) is 0 Å². The number of hydrogen-bond acceptors (Lipinski definition) is 3. The third-order valence-electron chi connectivity index (χ3n) is 4.03. The summed E-state index contributed by atoms with van der Waals surface area (Å²) in [6.45, 7) is 8.18. The highest BCUT2D eigenvalue weighted by Gasteiger charge is 2.07. The first-order chi connectivity index (χ1) is 14.0. The Labute approximate surface area is 171 Å². The second kappa shape index (κ2) is 11.7. The van der Waals surface area contributed by atoms with Gasteiger partial charge in [0.1, 0.15) is 17.7 Å². The van der Waals surface area contributed by atoms with Gasteiger partial charge in [0.15, 0.2) is 5.96 Å². The minimum atomic E-state index is -0.288. The third-order valence-corrected chi connectivity index (χ3v) is 4.03. The minimum absolute atomic E-state index is 0.0762. The van der Waals surface area contributed by atoms with Crippen LogP contribution in [0.4, 0.5) is 4.39 Å². The number of carbonyl (C=O) groups excluding carboxylic acids is 1. The fourth-order valence-electron chi connectivity index (χ4n) is 2.56. The van der Waals surface area contributed by atoms with Crippen LogP contribution in [0, 0.1) is 5.82 Å². The van der Waals surface area contributed by atoms with Crippen LogP contribution in [0.5, 0.6) is 5.75 Å². The van der Waals surface area contributed by atoms with Gasteiger partial charge in [-0.3, -0.25) is 4.79 Å². The molecule has 0 fully saturated rings. The molecule has 0 saturated heterocycles. The first-order valence-electron chi connectivity index (χ1n) is 9.83. The van der Waals surface area contributed by atoms with E-state index in [2.05, 4.69) is 20.9 Å². The van der Waals surface area contributed by atoms with Crippen LogP contribution < -0.4 is 20.7 Å². The summed E-state index contributed by atoms with van der Waals surface area (Å²) in [5.74, 6) is 0.932. The summed E-state index contributed by atoms with van der Waals surface area (Å²) >= 11 is 0. The molecule has 29 heavy (non-hydrogen) atoms. The van der Waals surface area contributed by atoms with Crippen LogP contribution in [0.3, 0.4) is 0 Å². The van der Waals surface area contributed by atoms with Crippen molar-refractivity contribution in [2.75, 3.05) is 19.6 Å². The number of carbonyl (C=O) groups is 1. The molecule has 0 aliphatic heterocycles. The molecule has 1 amide bonds. The summed E-state index contributed by atoms with van der Waals surface area (Å²) in [7, 11) is 0. The highest BCUT2D eigenvalue weighted by Crippen LogP contribution is 2.12. The van der Waals surface area contributed by atoms with Crippen molar-refractivity contribution in [2.45, 2.75) is 33.4 Å². The fourth-order valence-corrected chi connectivity index (χ4v) is 2.56. The molecule has 0 spiro atoms. The Morgan fingerprint density at radius 3 is 2.28 bits per heavy atom. The topological polar surface area (TPSA) is 74.8 Å². The van der Waals surface area contributed by atoms with E-state index < -0.39 is 0 Å². The number of nitrogens with zero attached hydrogens (tertiary/aromatic N) is 1. The summed E-state index contributed by atoms with van der Waals surface area (Å²) in [5, 5.41) is 9.22. The van der Waals surface area contributed by atoms with Crippen molar-refractivity contribution in [1.82, 2.24) is 16.0 Å². The van der Waals surface area contributed by atoms with Crippen LogP contribution in [0.2, 0.25) is 0 Å². The van der Waals surface area contributed by atoms with Gasteiger partial charge in [-0.15, -0.1) is 0 Å². The first kappa shape index (κ1) is 22.2. The molecule has 7 heteroatoms. The van der Waals surface area contributed by atoms with Crippen molar-refractivity contribution >= 4 is 11.9 Å². The maximum Gasteiger partial charge on any atom is 0.251 e. The van der Waals surface area contributed by atoms with Crippen LogP contribution in [0.1, 0.15) is 36.7 Å². The van der Waals surface area contributed by atoms with Crippen molar-refractivity contribution in [1.29, 1.82) is 0 Å². The van der Waals surface area contributed by atoms with Crippen LogP contribution in [-0.4, -0.2) is 37.6 Å². The zero-order valence-corrected chi connectivity index (χ0v) is 17.2. The lowest BCUT2D eigenvalue weighted by Gasteiger charge is -2.17. The molecular formula is C22H29FN4O2. The Morgan fingerprint density at radius 2 is 1.66 bits per heavy atom. The van der Waals surface area contributed by atoms with Gasteiger partial charge in [-0.05, 0) is 62.7 Å². The van der Waals surface area contributed by atoms with Gasteiger partial charge in [0.2, 0.25) is 0 Å². The lowest BCUT2D eigenvalue weighted by atomic mass is 10.1. The summed E-state index contributed by atoms with van der Waals surface area (Å²) in [5.41, 5.74) is 1.64. The highest BCUT2D eigenvalue weighted by atomic mass is 19.1. The molecule has 0 aromatic heterocycles. The van der Waals surface area contributed by atoms with Gasteiger partial charge in [0, 0.05) is 18.7 Å². The van der Waals surface area contributed by atoms with E-state index in [0.717, 1.165) is 12.1 Å². The van der Waals surface area contributed by atoms with Crippen LogP contribution in [0.15, 0.2) is 53.5 Å². The van der Waals surface area contributed by atoms with Gasteiger partial charge in [-0.1, -0.05) is 12.1 Å². The average molecular weight is 400 g/mol. The fraction of sp³-hybridized carbons (Fsp3) is 0.364. The van der Waals surface area contributed by atoms with Gasteiger partial charge in [-0.25, -0.2) is 9.38 Å². The predicted molar refractivity (Wildman–Crippen MR) is 114 cm³/mol. The molecule has 0 radical (unpaired) electrons. The zero-order chi connectivity index (χ0) is 21.1. The van der Waals surface area contributed by atoms with E-state index in [9.17, 15) is 9.18 Å².